The largest absolute Gasteiger partial charge is 0.493 e. The van der Waals surface area contributed by atoms with Gasteiger partial charge in [-0.3, -0.25) is 9.10 Å². The molecule has 1 N–H and O–H groups in total. The monoisotopic (exact) mass is 743 g/mol. The van der Waals surface area contributed by atoms with Crippen LogP contribution in [0, 0.1) is 0 Å². The third kappa shape index (κ3) is 8.69. The first-order valence-corrected chi connectivity index (χ1v) is 15.8. The highest BCUT2D eigenvalue weighted by Gasteiger charge is 2.33. The van der Waals surface area contributed by atoms with Crippen molar-refractivity contribution in [1.82, 2.24) is 5.43 Å². The Bertz CT molecular complexity index is 1830. The van der Waals surface area contributed by atoms with E-state index in [0.717, 1.165) is 12.1 Å². The van der Waals surface area contributed by atoms with Crippen LogP contribution in [-0.2, 0) is 27.6 Å². The topological polar surface area (TPSA) is 97.3 Å². The standard InChI is InChI=1S/C30H23BrCl2F3N3O5S/c1-43-27-13-19(12-25(31)29(27)44-18-20-10-11-22(32)15-26(20)33)16-37-38-28(40)17-39(45(41,42)24-8-3-2-4-9-24)23-7-5-6-21(14-23)30(34,35)36/h2-16H,17-18H2,1H3,(H,38,40)/b37-16-. The Morgan fingerprint density at radius 2 is 1.76 bits per heavy atom. The summed E-state index contributed by atoms with van der Waals surface area (Å²) in [5, 5.41) is 4.80. The van der Waals surface area contributed by atoms with Gasteiger partial charge in [-0.2, -0.15) is 18.3 Å². The van der Waals surface area contributed by atoms with Crippen LogP contribution in [0.1, 0.15) is 16.7 Å². The van der Waals surface area contributed by atoms with Crippen molar-refractivity contribution in [3.05, 3.63) is 116 Å². The van der Waals surface area contributed by atoms with Crippen LogP contribution in [0.15, 0.2) is 99.4 Å². The van der Waals surface area contributed by atoms with Crippen LogP contribution in [0.4, 0.5) is 18.9 Å². The van der Waals surface area contributed by atoms with E-state index in [2.05, 4.69) is 26.5 Å². The SMILES string of the molecule is COc1cc(/C=N\NC(=O)CN(c2cccc(C(F)(F)F)c2)S(=O)(=O)c2ccccc2)cc(Br)c1OCc1ccc(Cl)cc1Cl. The summed E-state index contributed by atoms with van der Waals surface area (Å²) in [7, 11) is -3.00. The molecule has 0 fully saturated rings. The normalized spacial score (nSPS) is 11.8. The molecule has 0 aliphatic carbocycles. The van der Waals surface area contributed by atoms with Crippen LogP contribution >= 0.6 is 39.1 Å². The van der Waals surface area contributed by atoms with Crippen molar-refractivity contribution >= 4 is 67.0 Å². The quantitative estimate of drug-likeness (QED) is 0.125. The van der Waals surface area contributed by atoms with E-state index in [1.807, 2.05) is 0 Å². The molecular weight excluding hydrogens is 722 g/mol. The zero-order chi connectivity index (χ0) is 32.8. The maximum Gasteiger partial charge on any atom is 0.416 e. The number of carbonyl (C=O) groups excluding carboxylic acids is 1. The zero-order valence-corrected chi connectivity index (χ0v) is 27.1. The van der Waals surface area contributed by atoms with Gasteiger partial charge >= 0.3 is 6.18 Å². The number of hydrogen-bond acceptors (Lipinski definition) is 6. The second kappa shape index (κ2) is 14.5. The molecule has 0 aliphatic heterocycles. The van der Waals surface area contributed by atoms with Gasteiger partial charge < -0.3 is 9.47 Å². The number of amides is 1. The number of hydrogen-bond donors (Lipinski definition) is 1. The fourth-order valence-corrected chi connectivity index (χ4v) is 6.43. The van der Waals surface area contributed by atoms with Gasteiger partial charge in [0.25, 0.3) is 15.9 Å². The molecule has 45 heavy (non-hydrogen) atoms. The van der Waals surface area contributed by atoms with Crippen LogP contribution in [0.5, 0.6) is 11.5 Å². The number of alkyl halides is 3. The van der Waals surface area contributed by atoms with Crippen molar-refractivity contribution in [3.8, 4) is 11.5 Å². The maximum absolute atomic E-state index is 13.4. The summed E-state index contributed by atoms with van der Waals surface area (Å²) >= 11 is 15.6. The minimum atomic E-state index is -4.73. The summed E-state index contributed by atoms with van der Waals surface area (Å²) in [5.74, 6) is -0.214. The Kier molecular flexibility index (Phi) is 11.0. The molecule has 0 saturated heterocycles. The van der Waals surface area contributed by atoms with Crippen LogP contribution in [0.2, 0.25) is 10.0 Å². The summed E-state index contributed by atoms with van der Waals surface area (Å²) in [6.07, 6.45) is -3.46. The molecule has 0 bridgehead atoms. The minimum Gasteiger partial charge on any atom is -0.493 e. The van der Waals surface area contributed by atoms with E-state index in [1.54, 1.807) is 36.4 Å². The van der Waals surface area contributed by atoms with Crippen molar-refractivity contribution in [2.75, 3.05) is 18.0 Å². The van der Waals surface area contributed by atoms with E-state index in [0.29, 0.717) is 47.5 Å². The maximum atomic E-state index is 13.4. The molecule has 0 heterocycles. The molecule has 0 unspecified atom stereocenters. The molecule has 1 amide bonds. The molecule has 0 atom stereocenters. The lowest BCUT2D eigenvalue weighted by atomic mass is 10.2. The van der Waals surface area contributed by atoms with E-state index >= 15 is 0 Å². The fraction of sp³-hybridized carbons (Fsp3) is 0.133. The molecule has 8 nitrogen and oxygen atoms in total. The average molecular weight is 745 g/mol. The average Bonchev–Trinajstić information content (AvgIpc) is 3.00. The summed E-state index contributed by atoms with van der Waals surface area (Å²) < 4.78 is 79.5. The highest BCUT2D eigenvalue weighted by atomic mass is 79.9. The van der Waals surface area contributed by atoms with Gasteiger partial charge in [0.05, 0.1) is 33.9 Å². The third-order valence-corrected chi connectivity index (χ3v) is 9.09. The highest BCUT2D eigenvalue weighted by Crippen LogP contribution is 2.37. The molecule has 0 radical (unpaired) electrons. The Hall–Kier alpha value is -3.78. The number of nitrogens with zero attached hydrogens (tertiary/aromatic N) is 2. The van der Waals surface area contributed by atoms with Crippen LogP contribution < -0.4 is 19.2 Å². The molecule has 236 valence electrons. The number of nitrogens with one attached hydrogen (secondary N) is 1. The molecule has 15 heteroatoms. The molecule has 0 aromatic heterocycles. The van der Waals surface area contributed by atoms with Crippen molar-refractivity contribution in [3.63, 3.8) is 0 Å². The fourth-order valence-electron chi connectivity index (χ4n) is 3.96. The van der Waals surface area contributed by atoms with E-state index in [-0.39, 0.29) is 17.2 Å². The van der Waals surface area contributed by atoms with Crippen molar-refractivity contribution in [1.29, 1.82) is 0 Å². The molecular formula is C30H23BrCl2F3N3O5S. The third-order valence-electron chi connectivity index (χ3n) is 6.12. The van der Waals surface area contributed by atoms with Crippen LogP contribution in [-0.4, -0.2) is 34.2 Å². The van der Waals surface area contributed by atoms with Gasteiger partial charge in [0.1, 0.15) is 13.2 Å². The summed E-state index contributed by atoms with van der Waals surface area (Å²) in [4.78, 5) is 12.7. The first-order valence-electron chi connectivity index (χ1n) is 12.8. The molecule has 4 aromatic rings. The van der Waals surface area contributed by atoms with E-state index < -0.39 is 34.2 Å². The number of sulfonamides is 1. The molecule has 0 saturated carbocycles. The molecule has 0 aliphatic rings. The first-order chi connectivity index (χ1) is 21.3. The minimum absolute atomic E-state index is 0.114. The van der Waals surface area contributed by atoms with Crippen molar-refractivity contribution in [2.24, 2.45) is 5.10 Å². The highest BCUT2D eigenvalue weighted by molar-refractivity contribution is 9.10. The second-order valence-electron chi connectivity index (χ2n) is 9.22. The summed E-state index contributed by atoms with van der Waals surface area (Å²) in [5.41, 5.74) is 1.95. The Morgan fingerprint density at radius 3 is 2.42 bits per heavy atom. The van der Waals surface area contributed by atoms with Gasteiger partial charge in [0.2, 0.25) is 0 Å². The predicted molar refractivity (Wildman–Crippen MR) is 170 cm³/mol. The number of halogens is 6. The van der Waals surface area contributed by atoms with E-state index in [1.165, 1.54) is 43.7 Å². The Labute approximate surface area is 275 Å². The lowest BCUT2D eigenvalue weighted by molar-refractivity contribution is -0.137. The van der Waals surface area contributed by atoms with Crippen molar-refractivity contribution < 1.29 is 35.9 Å². The predicted octanol–water partition coefficient (Wildman–Crippen LogP) is 7.71. The number of methoxy groups -OCH3 is 1. The summed E-state index contributed by atoms with van der Waals surface area (Å²) in [6.45, 7) is -0.744. The first kappa shape index (κ1) is 34.1. The number of hydrazone groups is 1. The van der Waals surface area contributed by atoms with Gasteiger partial charge in [0.15, 0.2) is 11.5 Å². The lowest BCUT2D eigenvalue weighted by Crippen LogP contribution is -2.39. The second-order valence-corrected chi connectivity index (χ2v) is 12.8. The number of rotatable bonds is 11. The van der Waals surface area contributed by atoms with Gasteiger partial charge in [-0.25, -0.2) is 13.8 Å². The van der Waals surface area contributed by atoms with Gasteiger partial charge in [-0.05, 0) is 76.1 Å². The number of carbonyl (C=O) groups is 1. The molecule has 4 rings (SSSR count). The van der Waals surface area contributed by atoms with Gasteiger partial charge in [-0.15, -0.1) is 0 Å². The van der Waals surface area contributed by atoms with Crippen LogP contribution in [0.25, 0.3) is 0 Å². The molecule has 0 spiro atoms. The van der Waals surface area contributed by atoms with E-state index in [9.17, 15) is 26.4 Å². The van der Waals surface area contributed by atoms with Crippen LogP contribution in [0.3, 0.4) is 0 Å². The summed E-state index contributed by atoms with van der Waals surface area (Å²) in [6, 6.07) is 18.9. The van der Waals surface area contributed by atoms with Gasteiger partial charge in [0, 0.05) is 15.6 Å². The van der Waals surface area contributed by atoms with Crippen molar-refractivity contribution in [2.45, 2.75) is 17.7 Å². The smallest absolute Gasteiger partial charge is 0.416 e. The number of benzene rings is 4. The Morgan fingerprint density at radius 1 is 1.02 bits per heavy atom. The molecule has 4 aromatic carbocycles. The zero-order valence-electron chi connectivity index (χ0n) is 23.2. The number of ether oxygens (including phenoxy) is 2. The Balaban J connectivity index is 1.52. The lowest BCUT2D eigenvalue weighted by Gasteiger charge is -2.24. The number of anilines is 1. The van der Waals surface area contributed by atoms with E-state index in [4.69, 9.17) is 32.7 Å². The van der Waals surface area contributed by atoms with Gasteiger partial charge in [-0.1, -0.05) is 53.5 Å².